The summed E-state index contributed by atoms with van der Waals surface area (Å²) in [5.41, 5.74) is 0. The second kappa shape index (κ2) is 6.21. The van der Waals surface area contributed by atoms with Crippen LogP contribution in [-0.2, 0) is 9.53 Å². The van der Waals surface area contributed by atoms with Crippen molar-refractivity contribution < 1.29 is 14.6 Å². The van der Waals surface area contributed by atoms with Crippen molar-refractivity contribution in [2.45, 2.75) is 57.7 Å². The molecule has 0 aromatic carbocycles. The predicted octanol–water partition coefficient (Wildman–Crippen LogP) is 1.64. The Morgan fingerprint density at radius 1 is 1.31 bits per heavy atom. The number of carboxylic acids is 1. The van der Waals surface area contributed by atoms with Crippen LogP contribution in [-0.4, -0.2) is 36.4 Å². The number of methoxy groups -OCH3 is 1. The summed E-state index contributed by atoms with van der Waals surface area (Å²) < 4.78 is 5.30. The highest BCUT2D eigenvalue weighted by Crippen LogP contribution is 2.21. The molecule has 1 rings (SSSR count). The van der Waals surface area contributed by atoms with E-state index in [9.17, 15) is 4.79 Å². The van der Waals surface area contributed by atoms with Gasteiger partial charge < -0.3 is 15.2 Å². The molecule has 1 aliphatic carbocycles. The van der Waals surface area contributed by atoms with Crippen LogP contribution < -0.4 is 5.32 Å². The topological polar surface area (TPSA) is 58.6 Å². The molecule has 1 fully saturated rings. The molecule has 0 heterocycles. The van der Waals surface area contributed by atoms with Crippen LogP contribution in [0.5, 0.6) is 0 Å². The molecule has 0 bridgehead atoms. The average Bonchev–Trinajstić information content (AvgIpc) is 2.25. The predicted molar refractivity (Wildman–Crippen MR) is 62.5 cm³/mol. The number of ether oxygens (including phenoxy) is 1. The van der Waals surface area contributed by atoms with E-state index in [1.54, 1.807) is 7.11 Å². The minimum Gasteiger partial charge on any atom is -0.480 e. The van der Waals surface area contributed by atoms with E-state index in [4.69, 9.17) is 9.84 Å². The molecule has 1 atom stereocenters. The molecule has 0 amide bonds. The molecule has 0 radical (unpaired) electrons. The van der Waals surface area contributed by atoms with E-state index in [2.05, 4.69) is 5.32 Å². The number of hydrogen-bond donors (Lipinski definition) is 2. The summed E-state index contributed by atoms with van der Waals surface area (Å²) >= 11 is 0. The van der Waals surface area contributed by atoms with Crippen molar-refractivity contribution in [2.75, 3.05) is 7.11 Å². The van der Waals surface area contributed by atoms with Gasteiger partial charge in [0, 0.05) is 13.2 Å². The lowest BCUT2D eigenvalue weighted by Crippen LogP contribution is -2.48. The maximum atomic E-state index is 11.0. The summed E-state index contributed by atoms with van der Waals surface area (Å²) in [7, 11) is 1.74. The number of carbonyl (C=O) groups is 1. The summed E-state index contributed by atoms with van der Waals surface area (Å²) in [4.78, 5) is 11.0. The summed E-state index contributed by atoms with van der Waals surface area (Å²) in [6.45, 7) is 3.87. The van der Waals surface area contributed by atoms with Crippen molar-refractivity contribution in [3.63, 3.8) is 0 Å². The highest BCUT2D eigenvalue weighted by atomic mass is 16.5. The largest absolute Gasteiger partial charge is 0.480 e. The first-order valence-corrected chi connectivity index (χ1v) is 6.06. The Balaban J connectivity index is 2.39. The molecule has 2 N–H and O–H groups in total. The monoisotopic (exact) mass is 229 g/mol. The van der Waals surface area contributed by atoms with Gasteiger partial charge in [-0.1, -0.05) is 13.8 Å². The van der Waals surface area contributed by atoms with Crippen LogP contribution in [0.25, 0.3) is 0 Å². The fourth-order valence-corrected chi connectivity index (χ4v) is 2.27. The van der Waals surface area contributed by atoms with E-state index in [0.29, 0.717) is 12.1 Å². The number of carboxylic acid groups (broad SMARTS) is 1. The quantitative estimate of drug-likeness (QED) is 0.752. The number of nitrogens with one attached hydrogen (secondary N) is 1. The minimum atomic E-state index is -0.746. The molecular formula is C12H23NO3. The Morgan fingerprint density at radius 3 is 2.25 bits per heavy atom. The molecule has 1 saturated carbocycles. The lowest BCUT2D eigenvalue weighted by atomic mass is 9.91. The van der Waals surface area contributed by atoms with Gasteiger partial charge in [-0.2, -0.15) is 0 Å². The molecule has 1 unspecified atom stereocenters. The van der Waals surface area contributed by atoms with E-state index in [1.807, 2.05) is 13.8 Å². The van der Waals surface area contributed by atoms with E-state index in [-0.39, 0.29) is 5.92 Å². The zero-order valence-electron chi connectivity index (χ0n) is 10.4. The molecule has 0 aliphatic heterocycles. The number of aliphatic carboxylic acids is 1. The van der Waals surface area contributed by atoms with E-state index >= 15 is 0 Å². The lowest BCUT2D eigenvalue weighted by Gasteiger charge is -2.31. The van der Waals surface area contributed by atoms with E-state index in [1.165, 1.54) is 0 Å². The Kier molecular flexibility index (Phi) is 5.22. The van der Waals surface area contributed by atoms with Gasteiger partial charge in [-0.3, -0.25) is 4.79 Å². The van der Waals surface area contributed by atoms with Gasteiger partial charge in [-0.15, -0.1) is 0 Å². The highest BCUT2D eigenvalue weighted by molar-refractivity contribution is 5.73. The zero-order valence-corrected chi connectivity index (χ0v) is 10.4. The van der Waals surface area contributed by atoms with Crippen LogP contribution in [0.15, 0.2) is 0 Å². The first kappa shape index (κ1) is 13.5. The summed E-state index contributed by atoms with van der Waals surface area (Å²) in [5, 5.41) is 12.3. The molecule has 0 spiro atoms. The van der Waals surface area contributed by atoms with Crippen molar-refractivity contribution in [3.05, 3.63) is 0 Å². The van der Waals surface area contributed by atoms with E-state index in [0.717, 1.165) is 25.7 Å². The van der Waals surface area contributed by atoms with Gasteiger partial charge in [0.1, 0.15) is 6.04 Å². The summed E-state index contributed by atoms with van der Waals surface area (Å²) in [5.74, 6) is -0.624. The van der Waals surface area contributed by atoms with Gasteiger partial charge in [0.2, 0.25) is 0 Å². The molecule has 0 aromatic rings. The first-order chi connectivity index (χ1) is 7.54. The molecule has 0 saturated heterocycles. The summed E-state index contributed by atoms with van der Waals surface area (Å²) in [6, 6.07) is -0.0982. The molecule has 4 nitrogen and oxygen atoms in total. The Bertz CT molecular complexity index is 222. The van der Waals surface area contributed by atoms with Crippen LogP contribution in [0.2, 0.25) is 0 Å². The third-order valence-corrected chi connectivity index (χ3v) is 3.36. The normalized spacial score (nSPS) is 28.0. The van der Waals surface area contributed by atoms with Crippen LogP contribution in [0.3, 0.4) is 0 Å². The Hall–Kier alpha value is -0.610. The van der Waals surface area contributed by atoms with Gasteiger partial charge >= 0.3 is 5.97 Å². The molecule has 94 valence electrons. The van der Waals surface area contributed by atoms with Crippen molar-refractivity contribution in [1.29, 1.82) is 0 Å². The van der Waals surface area contributed by atoms with Gasteiger partial charge in [0.15, 0.2) is 0 Å². The second-order valence-electron chi connectivity index (χ2n) is 4.94. The van der Waals surface area contributed by atoms with Gasteiger partial charge in [-0.05, 0) is 31.6 Å². The lowest BCUT2D eigenvalue weighted by molar-refractivity contribution is -0.141. The molecule has 4 heteroatoms. The standard InChI is InChI=1S/C12H23NO3/c1-8(2)11(12(14)15)13-9-4-6-10(16-3)7-5-9/h8-11,13H,4-7H2,1-3H3,(H,14,15). The maximum absolute atomic E-state index is 11.0. The van der Waals surface area contributed by atoms with Gasteiger partial charge in [0.05, 0.1) is 6.10 Å². The van der Waals surface area contributed by atoms with Crippen LogP contribution in [0.1, 0.15) is 39.5 Å². The Morgan fingerprint density at radius 2 is 1.88 bits per heavy atom. The smallest absolute Gasteiger partial charge is 0.320 e. The highest BCUT2D eigenvalue weighted by Gasteiger charge is 2.27. The second-order valence-corrected chi connectivity index (χ2v) is 4.94. The van der Waals surface area contributed by atoms with Crippen molar-refractivity contribution >= 4 is 5.97 Å². The van der Waals surface area contributed by atoms with E-state index < -0.39 is 12.0 Å². The van der Waals surface area contributed by atoms with Crippen molar-refractivity contribution in [2.24, 2.45) is 5.92 Å². The first-order valence-electron chi connectivity index (χ1n) is 6.06. The van der Waals surface area contributed by atoms with Crippen LogP contribution >= 0.6 is 0 Å². The zero-order chi connectivity index (χ0) is 12.1. The van der Waals surface area contributed by atoms with Crippen LogP contribution in [0, 0.1) is 5.92 Å². The molecule has 16 heavy (non-hydrogen) atoms. The summed E-state index contributed by atoms with van der Waals surface area (Å²) in [6.07, 6.45) is 4.43. The SMILES string of the molecule is COC1CCC(NC(C(=O)O)C(C)C)CC1. The molecular weight excluding hydrogens is 206 g/mol. The van der Waals surface area contributed by atoms with Gasteiger partial charge in [-0.25, -0.2) is 0 Å². The van der Waals surface area contributed by atoms with Crippen molar-refractivity contribution in [3.8, 4) is 0 Å². The molecule has 1 aliphatic rings. The van der Waals surface area contributed by atoms with Gasteiger partial charge in [0.25, 0.3) is 0 Å². The van der Waals surface area contributed by atoms with Crippen molar-refractivity contribution in [1.82, 2.24) is 5.32 Å². The average molecular weight is 229 g/mol. The Labute approximate surface area is 97.4 Å². The number of rotatable bonds is 5. The fourth-order valence-electron chi connectivity index (χ4n) is 2.27. The minimum absolute atomic E-state index is 0.123. The maximum Gasteiger partial charge on any atom is 0.320 e. The molecule has 0 aromatic heterocycles. The fraction of sp³-hybridized carbons (Fsp3) is 0.917. The van der Waals surface area contributed by atoms with Crippen LogP contribution in [0.4, 0.5) is 0 Å². The third-order valence-electron chi connectivity index (χ3n) is 3.36. The number of hydrogen-bond acceptors (Lipinski definition) is 3. The third kappa shape index (κ3) is 3.76.